The van der Waals surface area contributed by atoms with Crippen molar-refractivity contribution < 1.29 is 18.9 Å². The van der Waals surface area contributed by atoms with Crippen LogP contribution < -0.4 is 26.3 Å². The molecule has 3 aromatic rings. The lowest BCUT2D eigenvalue weighted by Crippen LogP contribution is -2.20. The highest BCUT2D eigenvalue weighted by Gasteiger charge is 2.21. The minimum absolute atomic E-state index is 0. The summed E-state index contributed by atoms with van der Waals surface area (Å²) >= 11 is 10.7. The van der Waals surface area contributed by atoms with Gasteiger partial charge in [-0.25, -0.2) is 4.98 Å². The van der Waals surface area contributed by atoms with Gasteiger partial charge in [-0.3, -0.25) is 0 Å². The van der Waals surface area contributed by atoms with Crippen molar-refractivity contribution in [3.8, 4) is 11.5 Å². The second kappa shape index (κ2) is 19.1. The molecular weight excluding hydrogens is 774 g/mol. The molecule has 2 fully saturated rings. The summed E-state index contributed by atoms with van der Waals surface area (Å²) in [5.41, 5.74) is 15.7. The number of nitrogens with two attached hydrogens (primary N) is 2. The number of hydrogen-bond donors (Lipinski definition) is 3. The van der Waals surface area contributed by atoms with Crippen molar-refractivity contribution in [2.45, 2.75) is 52.4 Å². The molecule has 3 heterocycles. The number of hydrogen-bond acceptors (Lipinski definition) is 8. The van der Waals surface area contributed by atoms with E-state index in [4.69, 9.17) is 42.6 Å². The second-order valence-corrected chi connectivity index (χ2v) is 10.3. The number of aromatic nitrogens is 1. The predicted octanol–water partition coefficient (Wildman–Crippen LogP) is 8.07. The number of methoxy groups -OCH3 is 2. The minimum atomic E-state index is 0. The number of thiocarbonyl (C=S) groups is 1. The molecule has 0 aliphatic carbocycles. The molecule has 0 amide bonds. The van der Waals surface area contributed by atoms with E-state index in [0.717, 1.165) is 74.8 Å². The molecule has 0 atom stereocenters. The van der Waals surface area contributed by atoms with E-state index >= 15 is 0 Å². The molecule has 2 aliphatic rings. The van der Waals surface area contributed by atoms with Crippen LogP contribution in [0.4, 0.5) is 10.8 Å². The average molecular weight is 817 g/mol. The zero-order valence-corrected chi connectivity index (χ0v) is 27.5. The van der Waals surface area contributed by atoms with Gasteiger partial charge in [-0.1, -0.05) is 38.3 Å². The summed E-state index contributed by atoms with van der Waals surface area (Å²) in [6, 6.07) is 10.3. The molecule has 0 saturated carbocycles. The molecule has 224 valence electrons. The van der Waals surface area contributed by atoms with Crippen LogP contribution in [0.25, 0.3) is 10.2 Å². The molecule has 40 heavy (non-hydrogen) atoms. The number of nitrogens with zero attached hydrogens (tertiary/aromatic N) is 1. The van der Waals surface area contributed by atoms with Gasteiger partial charge in [0.05, 0.1) is 24.6 Å². The molecule has 0 unspecified atom stereocenters. The molecule has 12 heteroatoms. The van der Waals surface area contributed by atoms with Crippen LogP contribution in [0.1, 0.15) is 63.5 Å². The van der Waals surface area contributed by atoms with Crippen molar-refractivity contribution in [1.82, 2.24) is 4.98 Å². The highest BCUT2D eigenvalue weighted by molar-refractivity contribution is 15.0. The van der Waals surface area contributed by atoms with E-state index in [0.29, 0.717) is 17.0 Å². The molecule has 2 saturated heterocycles. The van der Waals surface area contributed by atoms with E-state index in [1.807, 2.05) is 12.1 Å². The van der Waals surface area contributed by atoms with E-state index < -0.39 is 0 Å². The first-order valence-electron chi connectivity index (χ1n) is 12.3. The van der Waals surface area contributed by atoms with Gasteiger partial charge in [0, 0.05) is 63.7 Å². The minimum Gasteiger partial charge on any atom is -0.495 e. The number of thiazole rings is 1. The van der Waals surface area contributed by atoms with Gasteiger partial charge in [-0.15, -0.1) is 0 Å². The quantitative estimate of drug-likeness (QED) is 0.174. The third-order valence-electron chi connectivity index (χ3n) is 6.61. The van der Waals surface area contributed by atoms with Gasteiger partial charge in [-0.05, 0) is 79.1 Å². The average Bonchev–Trinajstić information content (AvgIpc) is 3.36. The number of benzene rings is 2. The van der Waals surface area contributed by atoms with Crippen LogP contribution in [0, 0.1) is 0 Å². The molecule has 0 bridgehead atoms. The summed E-state index contributed by atoms with van der Waals surface area (Å²) in [4.78, 5) is 4.38. The zero-order valence-electron chi connectivity index (χ0n) is 21.5. The van der Waals surface area contributed by atoms with Gasteiger partial charge < -0.3 is 35.7 Å². The predicted molar refractivity (Wildman–Crippen MR) is 191 cm³/mol. The maximum absolute atomic E-state index is 5.84. The van der Waals surface area contributed by atoms with Gasteiger partial charge in [0.15, 0.2) is 10.2 Å². The third kappa shape index (κ3) is 9.96. The van der Waals surface area contributed by atoms with Crippen molar-refractivity contribution in [2.24, 2.45) is 5.73 Å². The Bertz CT molecular complexity index is 1190. The molecule has 5 rings (SSSR count). The van der Waals surface area contributed by atoms with E-state index in [2.05, 4.69) is 65.7 Å². The van der Waals surface area contributed by atoms with Crippen molar-refractivity contribution in [3.05, 3.63) is 41.5 Å². The second-order valence-electron chi connectivity index (χ2n) is 8.81. The first-order valence-corrected chi connectivity index (χ1v) is 19.8. The van der Waals surface area contributed by atoms with Crippen LogP contribution in [-0.4, -0.2) is 50.7 Å². The number of halogens is 2. The molecular formula is C28H42I2N4O4S2. The Morgan fingerprint density at radius 1 is 0.950 bits per heavy atom. The highest BCUT2D eigenvalue weighted by Crippen LogP contribution is 2.40. The van der Waals surface area contributed by atoms with Gasteiger partial charge >= 0.3 is 0 Å². The Morgan fingerprint density at radius 3 is 2.05 bits per heavy atom. The summed E-state index contributed by atoms with van der Waals surface area (Å²) < 4.78 is 22.6. The number of anilines is 2. The lowest BCUT2D eigenvalue weighted by atomic mass is 9.91. The molecule has 2 aliphatic heterocycles. The highest BCUT2D eigenvalue weighted by atomic mass is 128. The molecule has 0 spiro atoms. The lowest BCUT2D eigenvalue weighted by molar-refractivity contribution is 0.0853. The molecule has 1 aromatic heterocycles. The fourth-order valence-corrected chi connectivity index (χ4v) is 5.81. The van der Waals surface area contributed by atoms with Crippen molar-refractivity contribution in [1.29, 1.82) is 0 Å². The van der Waals surface area contributed by atoms with Crippen LogP contribution >= 0.6 is 60.8 Å². The Labute approximate surface area is 271 Å². The SMILES string of the molecule is C.C.COc1ccc(C2CCOCC2)c2sc(N)nc12.COc1ccc(C2CCOCC2)cc1NC(N)=S.II. The lowest BCUT2D eigenvalue weighted by Gasteiger charge is -2.23. The molecule has 8 nitrogen and oxygen atoms in total. The molecule has 0 radical (unpaired) electrons. The summed E-state index contributed by atoms with van der Waals surface area (Å²) in [5.74, 6) is 2.64. The Hall–Kier alpha value is -1.20. The van der Waals surface area contributed by atoms with Crippen LogP contribution in [0.15, 0.2) is 30.3 Å². The number of ether oxygens (including phenoxy) is 4. The smallest absolute Gasteiger partial charge is 0.181 e. The summed E-state index contributed by atoms with van der Waals surface area (Å²) in [6.07, 6.45) is 4.25. The summed E-state index contributed by atoms with van der Waals surface area (Å²) in [5, 5.41) is 3.80. The van der Waals surface area contributed by atoms with Crippen molar-refractivity contribution in [2.75, 3.05) is 51.7 Å². The molecule has 2 aromatic carbocycles. The van der Waals surface area contributed by atoms with E-state index in [9.17, 15) is 0 Å². The first-order chi connectivity index (χ1) is 18.5. The van der Waals surface area contributed by atoms with Crippen LogP contribution in [0.3, 0.4) is 0 Å². The van der Waals surface area contributed by atoms with Gasteiger partial charge in [0.2, 0.25) is 0 Å². The Kier molecular flexibility index (Phi) is 17.6. The Morgan fingerprint density at radius 2 is 1.50 bits per heavy atom. The Balaban J connectivity index is 0.000000360. The number of fused-ring (bicyclic) bond motifs is 1. The standard InChI is InChI=1S/C13H16N2O2S.C13H18N2O2S.2CH4.I2/c1-16-10-3-2-9(8-4-6-17-7-5-8)12-11(10)15-13(14)18-12;1-16-12-3-2-10(8-11(12)15-13(14)18)9-4-6-17-7-5-9;;;1-2/h2-3,8H,4-7H2,1H3,(H2,14,15);2-3,8-9H,4-7H2,1H3,(H3,14,15,18);2*1H4;. The maximum atomic E-state index is 5.84. The number of rotatable bonds is 5. The first kappa shape index (κ1) is 36.8. The van der Waals surface area contributed by atoms with E-state index in [1.165, 1.54) is 15.8 Å². The van der Waals surface area contributed by atoms with E-state index in [1.54, 1.807) is 25.6 Å². The van der Waals surface area contributed by atoms with Gasteiger partial charge in [0.1, 0.15) is 17.0 Å². The van der Waals surface area contributed by atoms with E-state index in [-0.39, 0.29) is 20.0 Å². The van der Waals surface area contributed by atoms with Gasteiger partial charge in [-0.2, -0.15) is 0 Å². The fourth-order valence-electron chi connectivity index (χ4n) is 4.76. The number of nitrogens with one attached hydrogen (secondary N) is 1. The van der Waals surface area contributed by atoms with Crippen LogP contribution in [0.2, 0.25) is 0 Å². The van der Waals surface area contributed by atoms with Gasteiger partial charge in [0.25, 0.3) is 0 Å². The molecule has 5 N–H and O–H groups in total. The fraction of sp³-hybridized carbons (Fsp3) is 0.500. The topological polar surface area (TPSA) is 114 Å². The monoisotopic (exact) mass is 816 g/mol. The summed E-state index contributed by atoms with van der Waals surface area (Å²) in [6.45, 7) is 3.34. The normalized spacial score (nSPS) is 15.2. The van der Waals surface area contributed by atoms with Crippen LogP contribution in [0.5, 0.6) is 11.5 Å². The van der Waals surface area contributed by atoms with Crippen molar-refractivity contribution in [3.63, 3.8) is 0 Å². The zero-order chi connectivity index (χ0) is 27.5. The van der Waals surface area contributed by atoms with Crippen molar-refractivity contribution >= 4 is 86.9 Å². The van der Waals surface area contributed by atoms with Crippen LogP contribution in [-0.2, 0) is 9.47 Å². The number of nitrogen functional groups attached to an aromatic ring is 1. The summed E-state index contributed by atoms with van der Waals surface area (Å²) in [7, 11) is 3.30. The maximum Gasteiger partial charge on any atom is 0.181 e. The largest absolute Gasteiger partial charge is 0.495 e. The third-order valence-corrected chi connectivity index (χ3v) is 7.64.